The molecule has 4 rings (SSSR count). The van der Waals surface area contributed by atoms with Gasteiger partial charge < -0.3 is 4.90 Å². The zero-order valence-corrected chi connectivity index (χ0v) is 22.5. The van der Waals surface area contributed by atoms with E-state index in [1.807, 2.05) is 66.4 Å². The van der Waals surface area contributed by atoms with Crippen LogP contribution in [0.2, 0.25) is 10.0 Å². The molecule has 0 radical (unpaired) electrons. The third-order valence-electron chi connectivity index (χ3n) is 6.22. The minimum atomic E-state index is 0.0526. The zero-order chi connectivity index (χ0) is 25.0. The molecule has 2 unspecified atom stereocenters. The number of benzene rings is 3. The molecular formula is C30H33Cl2NOS. The largest absolute Gasteiger partial charge is 0.332 e. The second kappa shape index (κ2) is 14.4. The smallest absolute Gasteiger partial charge is 0.226 e. The second-order valence-corrected chi connectivity index (χ2v) is 10.6. The van der Waals surface area contributed by atoms with Gasteiger partial charge in [0, 0.05) is 32.7 Å². The molecule has 0 saturated carbocycles. The van der Waals surface area contributed by atoms with E-state index in [1.54, 1.807) is 0 Å². The maximum Gasteiger partial charge on any atom is 0.226 e. The molecule has 1 fully saturated rings. The Labute approximate surface area is 224 Å². The van der Waals surface area contributed by atoms with Gasteiger partial charge in [-0.2, -0.15) is 0 Å². The Morgan fingerprint density at radius 1 is 0.943 bits per heavy atom. The molecule has 0 N–H and O–H groups in total. The first kappa shape index (κ1) is 27.4. The first-order valence-electron chi connectivity index (χ1n) is 12.1. The van der Waals surface area contributed by atoms with E-state index in [0.717, 1.165) is 41.5 Å². The number of carbonyl (C=O) groups excluding carboxylic acids is 1. The number of hydrogen-bond acceptors (Lipinski definition) is 2. The van der Waals surface area contributed by atoms with Crippen LogP contribution in [0.25, 0.3) is 0 Å². The van der Waals surface area contributed by atoms with Gasteiger partial charge in [-0.1, -0.05) is 84.7 Å². The van der Waals surface area contributed by atoms with Gasteiger partial charge in [0.15, 0.2) is 0 Å². The molecule has 1 amide bonds. The second-order valence-electron chi connectivity index (χ2n) is 8.59. The number of rotatable bonds is 8. The number of allylic oxidation sites excluding steroid dienone is 1. The van der Waals surface area contributed by atoms with Gasteiger partial charge >= 0.3 is 0 Å². The molecule has 184 valence electrons. The van der Waals surface area contributed by atoms with E-state index in [2.05, 4.69) is 54.8 Å². The molecule has 0 spiro atoms. The van der Waals surface area contributed by atoms with Crippen molar-refractivity contribution in [3.8, 4) is 0 Å². The van der Waals surface area contributed by atoms with Crippen LogP contribution in [0.15, 0.2) is 102 Å². The van der Waals surface area contributed by atoms with E-state index >= 15 is 0 Å². The van der Waals surface area contributed by atoms with Gasteiger partial charge in [0.25, 0.3) is 0 Å². The quantitative estimate of drug-likeness (QED) is 0.216. The van der Waals surface area contributed by atoms with Gasteiger partial charge in [-0.3, -0.25) is 4.79 Å². The molecule has 1 aliphatic heterocycles. The summed E-state index contributed by atoms with van der Waals surface area (Å²) in [7, 11) is 0. The van der Waals surface area contributed by atoms with Crippen molar-refractivity contribution < 1.29 is 4.79 Å². The highest BCUT2D eigenvalue weighted by molar-refractivity contribution is 7.99. The number of halogens is 2. The van der Waals surface area contributed by atoms with Crippen molar-refractivity contribution in [2.75, 3.05) is 5.75 Å². The SMILES string of the molecule is C=CCC1CCC(c2ccc(Cl)cc2)N([C@@H](CC)CSc2ccccc2)C1=O.Clc1ccccc1. The maximum absolute atomic E-state index is 13.4. The van der Waals surface area contributed by atoms with E-state index in [-0.39, 0.29) is 23.9 Å². The Balaban J connectivity index is 0.000000420. The number of amides is 1. The van der Waals surface area contributed by atoms with E-state index in [9.17, 15) is 4.79 Å². The van der Waals surface area contributed by atoms with Crippen molar-refractivity contribution in [3.63, 3.8) is 0 Å². The predicted octanol–water partition coefficient (Wildman–Crippen LogP) is 9.11. The molecule has 1 heterocycles. The number of hydrogen-bond donors (Lipinski definition) is 0. The summed E-state index contributed by atoms with van der Waals surface area (Å²) in [4.78, 5) is 16.8. The minimum Gasteiger partial charge on any atom is -0.332 e. The number of carbonyl (C=O) groups is 1. The van der Waals surface area contributed by atoms with Gasteiger partial charge in [0.2, 0.25) is 5.91 Å². The van der Waals surface area contributed by atoms with Crippen molar-refractivity contribution >= 4 is 40.9 Å². The monoisotopic (exact) mass is 525 g/mol. The first-order chi connectivity index (χ1) is 17.0. The molecule has 2 nitrogen and oxygen atoms in total. The van der Waals surface area contributed by atoms with Crippen LogP contribution in [-0.2, 0) is 4.79 Å². The number of likely N-dealkylation sites (tertiary alicyclic amines) is 1. The van der Waals surface area contributed by atoms with Crippen molar-refractivity contribution in [1.82, 2.24) is 4.90 Å². The highest BCUT2D eigenvalue weighted by Gasteiger charge is 2.38. The average molecular weight is 527 g/mol. The molecule has 0 aromatic heterocycles. The first-order valence-corrected chi connectivity index (χ1v) is 13.8. The van der Waals surface area contributed by atoms with Crippen LogP contribution in [0.3, 0.4) is 0 Å². The summed E-state index contributed by atoms with van der Waals surface area (Å²) in [5.74, 6) is 1.22. The van der Waals surface area contributed by atoms with E-state index in [4.69, 9.17) is 23.2 Å². The van der Waals surface area contributed by atoms with Crippen molar-refractivity contribution in [2.45, 2.75) is 49.6 Å². The molecule has 5 heteroatoms. The number of piperidine rings is 1. The van der Waals surface area contributed by atoms with Gasteiger partial charge in [-0.25, -0.2) is 0 Å². The topological polar surface area (TPSA) is 20.3 Å². The van der Waals surface area contributed by atoms with Gasteiger partial charge in [-0.05, 0) is 67.6 Å². The standard InChI is InChI=1S/C24H28ClNOS.C6H5Cl/c1-3-8-19-13-16-23(18-11-14-20(25)15-12-18)26(24(19)27)21(4-2)17-28-22-9-6-5-7-10-22;7-6-4-2-1-3-5-6/h3,5-7,9-12,14-15,19,21,23H,1,4,8,13,16-17H2,2H3;1-5H/t19?,21-,23?;/m0./s1. The molecule has 3 aromatic rings. The Kier molecular flexibility index (Phi) is 11.3. The van der Waals surface area contributed by atoms with Gasteiger partial charge in [-0.15, -0.1) is 18.3 Å². The molecular weight excluding hydrogens is 493 g/mol. The van der Waals surface area contributed by atoms with Crippen LogP contribution in [-0.4, -0.2) is 22.6 Å². The molecule has 1 saturated heterocycles. The van der Waals surface area contributed by atoms with Crippen molar-refractivity contribution in [3.05, 3.63) is 113 Å². The van der Waals surface area contributed by atoms with E-state index in [0.29, 0.717) is 0 Å². The summed E-state index contributed by atoms with van der Waals surface area (Å²) >= 11 is 13.5. The molecule has 0 aliphatic carbocycles. The van der Waals surface area contributed by atoms with E-state index < -0.39 is 0 Å². The van der Waals surface area contributed by atoms with Crippen LogP contribution in [0.5, 0.6) is 0 Å². The minimum absolute atomic E-state index is 0.0526. The third-order valence-corrected chi connectivity index (χ3v) is 7.88. The molecule has 3 aromatic carbocycles. The molecule has 0 bridgehead atoms. The fourth-order valence-corrected chi connectivity index (χ4v) is 5.77. The zero-order valence-electron chi connectivity index (χ0n) is 20.2. The summed E-state index contributed by atoms with van der Waals surface area (Å²) in [5.41, 5.74) is 1.18. The Morgan fingerprint density at radius 3 is 2.09 bits per heavy atom. The highest BCUT2D eigenvalue weighted by atomic mass is 35.5. The fourth-order valence-electron chi connectivity index (χ4n) is 4.37. The van der Waals surface area contributed by atoms with Gasteiger partial charge in [0.1, 0.15) is 0 Å². The Bertz CT molecular complexity index is 1040. The normalized spacial score (nSPS) is 18.4. The summed E-state index contributed by atoms with van der Waals surface area (Å²) in [6, 6.07) is 28.2. The van der Waals surface area contributed by atoms with Crippen LogP contribution in [0.4, 0.5) is 0 Å². The lowest BCUT2D eigenvalue weighted by molar-refractivity contribution is -0.144. The average Bonchev–Trinajstić information content (AvgIpc) is 2.88. The summed E-state index contributed by atoms with van der Waals surface area (Å²) in [5, 5.41) is 1.52. The summed E-state index contributed by atoms with van der Waals surface area (Å²) < 4.78 is 0. The molecule has 35 heavy (non-hydrogen) atoms. The third kappa shape index (κ3) is 8.17. The Morgan fingerprint density at radius 2 is 1.54 bits per heavy atom. The lowest BCUT2D eigenvalue weighted by Crippen LogP contribution is -2.49. The van der Waals surface area contributed by atoms with Crippen LogP contribution in [0, 0.1) is 5.92 Å². The summed E-state index contributed by atoms with van der Waals surface area (Å²) in [6.07, 6.45) is 5.47. The highest BCUT2D eigenvalue weighted by Crippen LogP contribution is 2.39. The maximum atomic E-state index is 13.4. The summed E-state index contributed by atoms with van der Waals surface area (Å²) in [6.45, 7) is 6.03. The van der Waals surface area contributed by atoms with E-state index in [1.165, 1.54) is 10.5 Å². The molecule has 1 aliphatic rings. The van der Waals surface area contributed by atoms with Crippen LogP contribution >= 0.6 is 35.0 Å². The predicted molar refractivity (Wildman–Crippen MR) is 151 cm³/mol. The van der Waals surface area contributed by atoms with Crippen LogP contribution < -0.4 is 0 Å². The van der Waals surface area contributed by atoms with Crippen molar-refractivity contribution in [2.24, 2.45) is 5.92 Å². The van der Waals surface area contributed by atoms with Crippen LogP contribution in [0.1, 0.15) is 44.2 Å². The number of nitrogens with zero attached hydrogens (tertiary/aromatic N) is 1. The lowest BCUT2D eigenvalue weighted by Gasteiger charge is -2.44. The fraction of sp³-hybridized carbons (Fsp3) is 0.300. The Hall–Kier alpha value is -2.20. The lowest BCUT2D eigenvalue weighted by atomic mass is 9.85. The number of thioether (sulfide) groups is 1. The molecule has 3 atom stereocenters. The van der Waals surface area contributed by atoms with Gasteiger partial charge in [0.05, 0.1) is 6.04 Å². The van der Waals surface area contributed by atoms with Crippen molar-refractivity contribution in [1.29, 1.82) is 0 Å².